The molecule has 1 aliphatic rings. The SMILES string of the molecule is CC(=O)NC1(/C=C/c2ccc(OCCCc3ccccc3)c(C(F)(F)F)c2)COC(C)(C)OC1. The summed E-state index contributed by atoms with van der Waals surface area (Å²) in [4.78, 5) is 11.7. The van der Waals surface area contributed by atoms with Gasteiger partial charge in [-0.1, -0.05) is 48.6 Å². The fourth-order valence-electron chi connectivity index (χ4n) is 3.61. The third kappa shape index (κ3) is 7.33. The van der Waals surface area contributed by atoms with Gasteiger partial charge < -0.3 is 19.5 Å². The number of nitrogens with one attached hydrogen (secondary N) is 1. The number of ether oxygens (including phenoxy) is 3. The quantitative estimate of drug-likeness (QED) is 0.518. The number of alkyl halides is 3. The third-order valence-corrected chi connectivity index (χ3v) is 5.39. The van der Waals surface area contributed by atoms with Gasteiger partial charge in [-0.05, 0) is 49.9 Å². The Bertz CT molecular complexity index is 993. The summed E-state index contributed by atoms with van der Waals surface area (Å²) < 4.78 is 58.0. The Labute approximate surface area is 197 Å². The van der Waals surface area contributed by atoms with E-state index in [-0.39, 0.29) is 31.5 Å². The zero-order valence-corrected chi connectivity index (χ0v) is 19.6. The van der Waals surface area contributed by atoms with E-state index in [1.54, 1.807) is 26.0 Å². The molecule has 0 aliphatic carbocycles. The predicted octanol–water partition coefficient (Wildman–Crippen LogP) is 5.39. The lowest BCUT2D eigenvalue weighted by atomic mass is 9.97. The second kappa shape index (κ2) is 10.6. The first-order valence-electron chi connectivity index (χ1n) is 11.1. The van der Waals surface area contributed by atoms with E-state index in [1.807, 2.05) is 30.3 Å². The highest BCUT2D eigenvalue weighted by atomic mass is 19.4. The number of carbonyl (C=O) groups is 1. The summed E-state index contributed by atoms with van der Waals surface area (Å²) >= 11 is 0. The van der Waals surface area contributed by atoms with Gasteiger partial charge in [-0.15, -0.1) is 0 Å². The smallest absolute Gasteiger partial charge is 0.419 e. The number of benzene rings is 2. The summed E-state index contributed by atoms with van der Waals surface area (Å²) in [6, 6.07) is 13.6. The van der Waals surface area contributed by atoms with Crippen molar-refractivity contribution in [3.8, 4) is 5.75 Å². The summed E-state index contributed by atoms with van der Waals surface area (Å²) in [5, 5.41) is 2.78. The van der Waals surface area contributed by atoms with Gasteiger partial charge in [0.1, 0.15) is 11.3 Å². The summed E-state index contributed by atoms with van der Waals surface area (Å²) in [5.41, 5.74) is -0.402. The van der Waals surface area contributed by atoms with Crippen molar-refractivity contribution < 1.29 is 32.2 Å². The van der Waals surface area contributed by atoms with Crippen LogP contribution in [-0.2, 0) is 26.9 Å². The minimum absolute atomic E-state index is 0.130. The molecule has 1 amide bonds. The molecule has 8 heteroatoms. The van der Waals surface area contributed by atoms with Crippen LogP contribution in [0.15, 0.2) is 54.6 Å². The van der Waals surface area contributed by atoms with Gasteiger partial charge in [0.15, 0.2) is 5.79 Å². The van der Waals surface area contributed by atoms with Gasteiger partial charge >= 0.3 is 6.18 Å². The number of aryl methyl sites for hydroxylation is 1. The first-order valence-corrected chi connectivity index (χ1v) is 11.1. The molecule has 3 rings (SSSR count). The number of carbonyl (C=O) groups excluding carboxylic acids is 1. The van der Waals surface area contributed by atoms with Crippen molar-refractivity contribution in [1.82, 2.24) is 5.32 Å². The van der Waals surface area contributed by atoms with E-state index in [4.69, 9.17) is 14.2 Å². The van der Waals surface area contributed by atoms with Crippen LogP contribution < -0.4 is 10.1 Å². The normalized spacial score (nSPS) is 17.5. The van der Waals surface area contributed by atoms with Gasteiger partial charge in [0.2, 0.25) is 5.91 Å². The zero-order valence-electron chi connectivity index (χ0n) is 19.6. The van der Waals surface area contributed by atoms with E-state index in [2.05, 4.69) is 5.32 Å². The summed E-state index contributed by atoms with van der Waals surface area (Å²) in [6.07, 6.45) is -0.127. The van der Waals surface area contributed by atoms with Crippen molar-refractivity contribution in [2.75, 3.05) is 19.8 Å². The van der Waals surface area contributed by atoms with Crippen LogP contribution in [0.25, 0.3) is 6.08 Å². The molecular weight excluding hydrogens is 447 g/mol. The van der Waals surface area contributed by atoms with Gasteiger partial charge in [-0.25, -0.2) is 0 Å². The van der Waals surface area contributed by atoms with Gasteiger partial charge in [0.05, 0.1) is 25.4 Å². The van der Waals surface area contributed by atoms with Crippen LogP contribution in [0.1, 0.15) is 43.9 Å². The molecule has 1 saturated heterocycles. The number of rotatable bonds is 8. The first-order chi connectivity index (χ1) is 16.0. The first kappa shape index (κ1) is 25.8. The van der Waals surface area contributed by atoms with E-state index in [9.17, 15) is 18.0 Å². The van der Waals surface area contributed by atoms with Crippen LogP contribution in [0.5, 0.6) is 5.75 Å². The highest BCUT2D eigenvalue weighted by molar-refractivity contribution is 5.74. The number of hydrogen-bond acceptors (Lipinski definition) is 4. The van der Waals surface area contributed by atoms with E-state index in [0.717, 1.165) is 18.1 Å². The van der Waals surface area contributed by atoms with Gasteiger partial charge in [0, 0.05) is 6.92 Å². The van der Waals surface area contributed by atoms with Crippen LogP contribution in [0.4, 0.5) is 13.2 Å². The molecule has 1 aliphatic heterocycles. The van der Waals surface area contributed by atoms with Crippen LogP contribution in [0.2, 0.25) is 0 Å². The fourth-order valence-corrected chi connectivity index (χ4v) is 3.61. The molecule has 0 radical (unpaired) electrons. The molecule has 5 nitrogen and oxygen atoms in total. The molecule has 0 saturated carbocycles. The van der Waals surface area contributed by atoms with E-state index >= 15 is 0 Å². The molecule has 1 fully saturated rings. The number of amides is 1. The largest absolute Gasteiger partial charge is 0.493 e. The average Bonchev–Trinajstić information content (AvgIpc) is 2.77. The maximum atomic E-state index is 13.7. The molecule has 184 valence electrons. The molecule has 0 atom stereocenters. The lowest BCUT2D eigenvalue weighted by Gasteiger charge is -2.42. The van der Waals surface area contributed by atoms with E-state index in [1.165, 1.54) is 19.1 Å². The molecule has 1 N–H and O–H groups in total. The second-order valence-electron chi connectivity index (χ2n) is 8.84. The summed E-state index contributed by atoms with van der Waals surface area (Å²) in [5.74, 6) is -1.31. The van der Waals surface area contributed by atoms with Crippen LogP contribution >= 0.6 is 0 Å². The number of hydrogen-bond donors (Lipinski definition) is 1. The maximum Gasteiger partial charge on any atom is 0.419 e. The third-order valence-electron chi connectivity index (χ3n) is 5.39. The Hall–Kier alpha value is -2.84. The topological polar surface area (TPSA) is 56.8 Å². The lowest BCUT2D eigenvalue weighted by molar-refractivity contribution is -0.264. The van der Waals surface area contributed by atoms with Crippen molar-refractivity contribution in [3.63, 3.8) is 0 Å². The van der Waals surface area contributed by atoms with Gasteiger partial charge in [-0.2, -0.15) is 13.2 Å². The van der Waals surface area contributed by atoms with Gasteiger partial charge in [-0.3, -0.25) is 4.79 Å². The monoisotopic (exact) mass is 477 g/mol. The Morgan fingerprint density at radius 2 is 1.79 bits per heavy atom. The Kier molecular flexibility index (Phi) is 8.05. The molecule has 2 aromatic carbocycles. The van der Waals surface area contributed by atoms with Crippen molar-refractivity contribution in [1.29, 1.82) is 0 Å². The van der Waals surface area contributed by atoms with Crippen LogP contribution in [-0.4, -0.2) is 37.1 Å². The number of halogens is 3. The fraction of sp³-hybridized carbons (Fsp3) is 0.423. The standard InChI is InChI=1S/C26H30F3NO4/c1-19(31)30-25(17-33-24(2,3)34-18-25)14-13-21-11-12-23(22(16-21)26(27,28)29)32-15-7-10-20-8-5-4-6-9-20/h4-6,8-9,11-14,16H,7,10,15,17-18H2,1-3H3,(H,30,31)/b14-13+. The Morgan fingerprint density at radius 1 is 1.12 bits per heavy atom. The second-order valence-corrected chi connectivity index (χ2v) is 8.84. The average molecular weight is 478 g/mol. The molecular formula is C26H30F3NO4. The highest BCUT2D eigenvalue weighted by Crippen LogP contribution is 2.37. The molecule has 0 bridgehead atoms. The van der Waals surface area contributed by atoms with E-state index in [0.29, 0.717) is 12.0 Å². The molecule has 34 heavy (non-hydrogen) atoms. The summed E-state index contributed by atoms with van der Waals surface area (Å²) in [6.45, 7) is 5.30. The molecule has 2 aromatic rings. The van der Waals surface area contributed by atoms with Crippen molar-refractivity contribution in [3.05, 3.63) is 71.3 Å². The molecule has 1 heterocycles. The Morgan fingerprint density at radius 3 is 2.41 bits per heavy atom. The molecule has 0 unspecified atom stereocenters. The predicted molar refractivity (Wildman–Crippen MR) is 123 cm³/mol. The maximum absolute atomic E-state index is 13.7. The van der Waals surface area contributed by atoms with E-state index < -0.39 is 23.1 Å². The molecule has 0 spiro atoms. The Balaban J connectivity index is 1.73. The van der Waals surface area contributed by atoms with Crippen molar-refractivity contribution in [2.45, 2.75) is 51.1 Å². The highest BCUT2D eigenvalue weighted by Gasteiger charge is 2.39. The minimum atomic E-state index is -4.57. The van der Waals surface area contributed by atoms with Crippen LogP contribution in [0.3, 0.4) is 0 Å². The van der Waals surface area contributed by atoms with Crippen LogP contribution in [0, 0.1) is 0 Å². The minimum Gasteiger partial charge on any atom is -0.493 e. The van der Waals surface area contributed by atoms with Crippen molar-refractivity contribution >= 4 is 12.0 Å². The van der Waals surface area contributed by atoms with Gasteiger partial charge in [0.25, 0.3) is 0 Å². The molecule has 0 aromatic heterocycles. The summed E-state index contributed by atoms with van der Waals surface area (Å²) in [7, 11) is 0. The zero-order chi connectivity index (χ0) is 24.8. The van der Waals surface area contributed by atoms with Crippen molar-refractivity contribution in [2.24, 2.45) is 0 Å². The lowest BCUT2D eigenvalue weighted by Crippen LogP contribution is -2.59.